The number of carbonyl (C=O) groups excluding carboxylic acids is 1. The lowest BCUT2D eigenvalue weighted by Crippen LogP contribution is -2.47. The van der Waals surface area contributed by atoms with Crippen molar-refractivity contribution in [1.82, 2.24) is 10.2 Å². The molecule has 1 fully saturated rings. The van der Waals surface area contributed by atoms with E-state index in [2.05, 4.69) is 15.1 Å². The highest BCUT2D eigenvalue weighted by atomic mass is 16.3. The van der Waals surface area contributed by atoms with Gasteiger partial charge in [0, 0.05) is 45.3 Å². The van der Waals surface area contributed by atoms with Crippen molar-refractivity contribution in [3.63, 3.8) is 0 Å². The summed E-state index contributed by atoms with van der Waals surface area (Å²) in [7, 11) is 1.60. The first kappa shape index (κ1) is 14.6. The van der Waals surface area contributed by atoms with Gasteiger partial charge in [-0.05, 0) is 18.2 Å². The van der Waals surface area contributed by atoms with Gasteiger partial charge in [-0.2, -0.15) is 0 Å². The first-order valence-electron chi connectivity index (χ1n) is 6.85. The number of aliphatic hydroxyl groups excluding tert-OH is 1. The lowest BCUT2D eigenvalue weighted by atomic mass is 10.1. The molecule has 2 rings (SSSR count). The van der Waals surface area contributed by atoms with Crippen LogP contribution in [-0.4, -0.2) is 62.3 Å². The fourth-order valence-electron chi connectivity index (χ4n) is 2.48. The van der Waals surface area contributed by atoms with Gasteiger partial charge in [0.2, 0.25) is 0 Å². The highest BCUT2D eigenvalue weighted by Crippen LogP contribution is 2.25. The molecule has 1 heterocycles. The number of hydrogen-bond donors (Lipinski definition) is 3. The van der Waals surface area contributed by atoms with Gasteiger partial charge in [-0.3, -0.25) is 9.69 Å². The average Bonchev–Trinajstić information content (AvgIpc) is 2.47. The molecule has 20 heavy (non-hydrogen) atoms. The summed E-state index contributed by atoms with van der Waals surface area (Å²) in [5.41, 5.74) is 8.24. The summed E-state index contributed by atoms with van der Waals surface area (Å²) >= 11 is 0. The Morgan fingerprint density at radius 2 is 2.05 bits per heavy atom. The summed E-state index contributed by atoms with van der Waals surface area (Å²) in [5.74, 6) is -0.129. The largest absolute Gasteiger partial charge is 0.397 e. The molecular weight excluding hydrogens is 256 g/mol. The minimum Gasteiger partial charge on any atom is -0.397 e. The van der Waals surface area contributed by atoms with Gasteiger partial charge in [-0.15, -0.1) is 0 Å². The minimum absolute atomic E-state index is 0.129. The zero-order chi connectivity index (χ0) is 14.5. The van der Waals surface area contributed by atoms with E-state index in [4.69, 9.17) is 10.8 Å². The van der Waals surface area contributed by atoms with Crippen molar-refractivity contribution in [2.24, 2.45) is 0 Å². The molecule has 0 bridgehead atoms. The van der Waals surface area contributed by atoms with Crippen LogP contribution >= 0.6 is 0 Å². The number of β-amino-alcohol motifs (C(OH)–C–C–N with tert-alkyl or cyclic N) is 1. The number of nitrogen functional groups attached to an aromatic ring is 1. The first-order valence-corrected chi connectivity index (χ1v) is 6.85. The Labute approximate surface area is 119 Å². The van der Waals surface area contributed by atoms with Gasteiger partial charge in [-0.1, -0.05) is 0 Å². The molecule has 110 valence electrons. The van der Waals surface area contributed by atoms with Crippen LogP contribution in [-0.2, 0) is 0 Å². The number of anilines is 2. The van der Waals surface area contributed by atoms with Crippen LogP contribution < -0.4 is 16.0 Å². The number of benzene rings is 1. The number of hydrogen-bond acceptors (Lipinski definition) is 5. The molecule has 0 aromatic heterocycles. The van der Waals surface area contributed by atoms with E-state index < -0.39 is 0 Å². The zero-order valence-electron chi connectivity index (χ0n) is 11.8. The summed E-state index contributed by atoms with van der Waals surface area (Å²) in [6.45, 7) is 4.50. The van der Waals surface area contributed by atoms with Crippen LogP contribution in [0.25, 0.3) is 0 Å². The molecule has 1 aliphatic heterocycles. The maximum Gasteiger partial charge on any atom is 0.251 e. The van der Waals surface area contributed by atoms with Gasteiger partial charge in [0.15, 0.2) is 0 Å². The van der Waals surface area contributed by atoms with Crippen LogP contribution in [0.2, 0.25) is 0 Å². The molecule has 0 atom stereocenters. The lowest BCUT2D eigenvalue weighted by Gasteiger charge is -2.36. The van der Waals surface area contributed by atoms with Crippen molar-refractivity contribution in [2.75, 3.05) is 57.0 Å². The third-order valence-corrected chi connectivity index (χ3v) is 3.65. The van der Waals surface area contributed by atoms with E-state index in [1.165, 1.54) is 0 Å². The molecule has 4 N–H and O–H groups in total. The SMILES string of the molecule is CNC(=O)c1ccc(N2CCN(CCO)CC2)c(N)c1. The molecule has 0 saturated carbocycles. The fraction of sp³-hybridized carbons (Fsp3) is 0.500. The summed E-state index contributed by atoms with van der Waals surface area (Å²) in [6.07, 6.45) is 0. The Bertz CT molecular complexity index is 470. The normalized spacial score (nSPS) is 16.2. The van der Waals surface area contributed by atoms with Gasteiger partial charge in [-0.25, -0.2) is 0 Å². The van der Waals surface area contributed by atoms with E-state index in [0.29, 0.717) is 11.3 Å². The van der Waals surface area contributed by atoms with E-state index in [9.17, 15) is 4.79 Å². The Hall–Kier alpha value is -1.79. The Balaban J connectivity index is 2.05. The van der Waals surface area contributed by atoms with Crippen molar-refractivity contribution in [2.45, 2.75) is 0 Å². The third kappa shape index (κ3) is 3.20. The number of carbonyl (C=O) groups is 1. The molecule has 0 spiro atoms. The molecule has 6 nitrogen and oxygen atoms in total. The zero-order valence-corrected chi connectivity index (χ0v) is 11.8. The third-order valence-electron chi connectivity index (χ3n) is 3.65. The quantitative estimate of drug-likeness (QED) is 0.661. The monoisotopic (exact) mass is 278 g/mol. The predicted octanol–water partition coefficient (Wildman–Crippen LogP) is -0.257. The van der Waals surface area contributed by atoms with E-state index >= 15 is 0 Å². The van der Waals surface area contributed by atoms with Gasteiger partial charge in [0.25, 0.3) is 5.91 Å². The van der Waals surface area contributed by atoms with E-state index in [1.807, 2.05) is 6.07 Å². The smallest absolute Gasteiger partial charge is 0.251 e. The van der Waals surface area contributed by atoms with E-state index in [1.54, 1.807) is 19.2 Å². The number of amides is 1. The van der Waals surface area contributed by atoms with Gasteiger partial charge in [0.1, 0.15) is 0 Å². The second-order valence-electron chi connectivity index (χ2n) is 4.91. The van der Waals surface area contributed by atoms with Crippen LogP contribution in [0.1, 0.15) is 10.4 Å². The second kappa shape index (κ2) is 6.58. The molecule has 0 aliphatic carbocycles. The Morgan fingerprint density at radius 3 is 2.60 bits per heavy atom. The number of piperazine rings is 1. The van der Waals surface area contributed by atoms with Crippen LogP contribution in [0.4, 0.5) is 11.4 Å². The maximum atomic E-state index is 11.6. The molecule has 1 aromatic carbocycles. The van der Waals surface area contributed by atoms with Crippen molar-refractivity contribution >= 4 is 17.3 Å². The first-order chi connectivity index (χ1) is 9.65. The summed E-state index contributed by atoms with van der Waals surface area (Å²) in [6, 6.07) is 5.42. The molecular formula is C14H22N4O2. The van der Waals surface area contributed by atoms with Crippen LogP contribution in [0.3, 0.4) is 0 Å². The average molecular weight is 278 g/mol. The topological polar surface area (TPSA) is 81.8 Å². The van der Waals surface area contributed by atoms with Gasteiger partial charge < -0.3 is 21.1 Å². The Morgan fingerprint density at radius 1 is 1.35 bits per heavy atom. The molecule has 1 saturated heterocycles. The lowest BCUT2D eigenvalue weighted by molar-refractivity contribution is 0.0963. The molecule has 1 aromatic rings. The van der Waals surface area contributed by atoms with E-state index in [-0.39, 0.29) is 12.5 Å². The van der Waals surface area contributed by atoms with Crippen LogP contribution in [0.5, 0.6) is 0 Å². The molecule has 1 aliphatic rings. The summed E-state index contributed by atoms with van der Waals surface area (Å²) in [5, 5.41) is 11.5. The van der Waals surface area contributed by atoms with Gasteiger partial charge in [0.05, 0.1) is 18.0 Å². The van der Waals surface area contributed by atoms with Crippen molar-refractivity contribution < 1.29 is 9.90 Å². The predicted molar refractivity (Wildman–Crippen MR) is 80.0 cm³/mol. The standard InChI is InChI=1S/C14H22N4O2/c1-16-14(20)11-2-3-13(12(15)10-11)18-6-4-17(5-7-18)8-9-19/h2-3,10,19H,4-9,15H2,1H3,(H,16,20). The molecule has 1 amide bonds. The van der Waals surface area contributed by atoms with Crippen LogP contribution in [0.15, 0.2) is 18.2 Å². The molecule has 6 heteroatoms. The Kier molecular flexibility index (Phi) is 4.81. The van der Waals surface area contributed by atoms with Gasteiger partial charge >= 0.3 is 0 Å². The second-order valence-corrected chi connectivity index (χ2v) is 4.91. The number of nitrogens with two attached hydrogens (primary N) is 1. The van der Waals surface area contributed by atoms with Crippen molar-refractivity contribution in [3.8, 4) is 0 Å². The summed E-state index contributed by atoms with van der Waals surface area (Å²) < 4.78 is 0. The molecule has 0 unspecified atom stereocenters. The van der Waals surface area contributed by atoms with Crippen molar-refractivity contribution in [1.29, 1.82) is 0 Å². The summed E-state index contributed by atoms with van der Waals surface area (Å²) in [4.78, 5) is 16.0. The maximum absolute atomic E-state index is 11.6. The number of nitrogens with zero attached hydrogens (tertiary/aromatic N) is 2. The highest BCUT2D eigenvalue weighted by molar-refractivity contribution is 5.96. The fourth-order valence-corrected chi connectivity index (χ4v) is 2.48. The van der Waals surface area contributed by atoms with Crippen molar-refractivity contribution in [3.05, 3.63) is 23.8 Å². The molecule has 0 radical (unpaired) electrons. The minimum atomic E-state index is -0.129. The highest BCUT2D eigenvalue weighted by Gasteiger charge is 2.18. The van der Waals surface area contributed by atoms with E-state index in [0.717, 1.165) is 38.4 Å². The van der Waals surface area contributed by atoms with Crippen LogP contribution in [0, 0.1) is 0 Å². The number of nitrogens with one attached hydrogen (secondary N) is 1. The number of aliphatic hydroxyl groups is 1. The number of rotatable bonds is 4.